The van der Waals surface area contributed by atoms with Gasteiger partial charge in [-0.15, -0.1) is 0 Å². The Morgan fingerprint density at radius 2 is 1.50 bits per heavy atom. The summed E-state index contributed by atoms with van der Waals surface area (Å²) in [7, 11) is -8.27. The predicted molar refractivity (Wildman–Crippen MR) is 106 cm³/mol. The van der Waals surface area contributed by atoms with Gasteiger partial charge in [0.2, 0.25) is 10.0 Å². The number of imidazole rings is 1. The summed E-state index contributed by atoms with van der Waals surface area (Å²) < 4.78 is 80.7. The lowest BCUT2D eigenvalue weighted by Gasteiger charge is -2.08. The Labute approximate surface area is 173 Å². The smallest absolute Gasteiger partial charge is 0.241 e. The molecule has 2 aromatic carbocycles. The van der Waals surface area contributed by atoms with Crippen molar-refractivity contribution in [1.82, 2.24) is 13.7 Å². The van der Waals surface area contributed by atoms with Crippen LogP contribution in [-0.4, -0.2) is 32.3 Å². The van der Waals surface area contributed by atoms with Crippen LogP contribution in [0.2, 0.25) is 0 Å². The zero-order valence-electron chi connectivity index (χ0n) is 16.1. The third-order valence-corrected chi connectivity index (χ3v) is 7.40. The molecule has 0 radical (unpaired) electrons. The lowest BCUT2D eigenvalue weighted by molar-refractivity contribution is 0.555. The normalized spacial score (nSPS) is 12.3. The van der Waals surface area contributed by atoms with E-state index in [1.165, 1.54) is 30.5 Å². The quantitative estimate of drug-likeness (QED) is 0.590. The summed E-state index contributed by atoms with van der Waals surface area (Å²) in [5.41, 5.74) is 1.43. The second-order valence-electron chi connectivity index (χ2n) is 6.72. The lowest BCUT2D eigenvalue weighted by atomic mass is 10.2. The van der Waals surface area contributed by atoms with E-state index in [1.54, 1.807) is 13.8 Å². The fourth-order valence-electron chi connectivity index (χ4n) is 2.73. The summed E-state index contributed by atoms with van der Waals surface area (Å²) in [6.45, 7) is 3.15. The summed E-state index contributed by atoms with van der Waals surface area (Å²) in [5.74, 6) is -1.76. The number of aryl methyl sites for hydroxylation is 2. The Morgan fingerprint density at radius 1 is 0.933 bits per heavy atom. The summed E-state index contributed by atoms with van der Waals surface area (Å²) in [5, 5.41) is 0. The zero-order valence-corrected chi connectivity index (χ0v) is 17.8. The topological polar surface area (TPSA) is 98.1 Å². The van der Waals surface area contributed by atoms with E-state index in [1.807, 2.05) is 0 Å². The maximum absolute atomic E-state index is 14.0. The van der Waals surface area contributed by atoms with Crippen LogP contribution in [0.5, 0.6) is 0 Å². The summed E-state index contributed by atoms with van der Waals surface area (Å²) >= 11 is 0. The van der Waals surface area contributed by atoms with Gasteiger partial charge >= 0.3 is 0 Å². The van der Waals surface area contributed by atoms with Gasteiger partial charge in [0.05, 0.1) is 5.69 Å². The van der Waals surface area contributed by atoms with E-state index in [0.29, 0.717) is 11.1 Å². The molecule has 1 N–H and O–H groups in total. The fourth-order valence-corrected chi connectivity index (χ4v) is 5.23. The molecule has 3 rings (SSSR count). The molecular weight excluding hydrogens is 436 g/mol. The van der Waals surface area contributed by atoms with Gasteiger partial charge in [-0.2, -0.15) is 0 Å². The minimum atomic E-state index is -4.19. The zero-order chi connectivity index (χ0) is 22.1. The summed E-state index contributed by atoms with van der Waals surface area (Å²) in [6.07, 6.45) is 2.24. The molecule has 1 aromatic heterocycles. The van der Waals surface area contributed by atoms with E-state index in [0.717, 1.165) is 22.4 Å². The van der Waals surface area contributed by atoms with Gasteiger partial charge in [0.1, 0.15) is 27.8 Å². The van der Waals surface area contributed by atoms with E-state index in [4.69, 9.17) is 0 Å². The molecule has 160 valence electrons. The van der Waals surface area contributed by atoms with Gasteiger partial charge < -0.3 is 0 Å². The molecule has 1 heterocycles. The number of hydrogen-bond acceptors (Lipinski definition) is 5. The Morgan fingerprint density at radius 3 is 2.13 bits per heavy atom. The van der Waals surface area contributed by atoms with E-state index in [9.17, 15) is 25.6 Å². The van der Waals surface area contributed by atoms with E-state index in [2.05, 4.69) is 9.71 Å². The molecule has 30 heavy (non-hydrogen) atoms. The number of nitrogens with zero attached hydrogens (tertiary/aromatic N) is 2. The Kier molecular flexibility index (Phi) is 6.06. The van der Waals surface area contributed by atoms with Crippen LogP contribution in [0, 0.1) is 25.5 Å². The first-order valence-corrected chi connectivity index (χ1v) is 11.7. The molecule has 0 saturated carbocycles. The molecule has 0 unspecified atom stereocenters. The highest BCUT2D eigenvalue weighted by molar-refractivity contribution is 7.90. The van der Waals surface area contributed by atoms with Gasteiger partial charge in [-0.05, 0) is 49.2 Å². The highest BCUT2D eigenvalue weighted by Crippen LogP contribution is 2.20. The number of sulfonamides is 1. The van der Waals surface area contributed by atoms with Gasteiger partial charge in [0.25, 0.3) is 10.0 Å². The highest BCUT2D eigenvalue weighted by atomic mass is 32.2. The van der Waals surface area contributed by atoms with Crippen LogP contribution in [0.15, 0.2) is 58.7 Å². The first kappa shape index (κ1) is 22.1. The van der Waals surface area contributed by atoms with Crippen molar-refractivity contribution < 1.29 is 25.6 Å². The molecule has 7 nitrogen and oxygen atoms in total. The second-order valence-corrected chi connectivity index (χ2v) is 10.3. The average Bonchev–Trinajstić information content (AvgIpc) is 3.15. The molecule has 0 fully saturated rings. The van der Waals surface area contributed by atoms with E-state index < -0.39 is 41.5 Å². The third kappa shape index (κ3) is 4.58. The summed E-state index contributed by atoms with van der Waals surface area (Å²) in [6, 6.07) is 7.49. The van der Waals surface area contributed by atoms with Gasteiger partial charge in [0.15, 0.2) is 0 Å². The van der Waals surface area contributed by atoms with Crippen LogP contribution in [-0.2, 0) is 26.5 Å². The monoisotopic (exact) mass is 455 g/mol. The molecule has 0 aliphatic rings. The minimum Gasteiger partial charge on any atom is -0.241 e. The van der Waals surface area contributed by atoms with Gasteiger partial charge in [-0.1, -0.05) is 12.1 Å². The fraction of sp³-hybridized carbons (Fsp3) is 0.211. The van der Waals surface area contributed by atoms with Crippen molar-refractivity contribution in [3.8, 4) is 0 Å². The molecule has 3 aromatic rings. The Hall–Kier alpha value is -2.63. The largest absolute Gasteiger partial charge is 0.271 e. The molecular formula is C19H19F2N3O4S2. The molecule has 0 aliphatic carbocycles. The number of rotatable bonds is 7. The van der Waals surface area contributed by atoms with Crippen molar-refractivity contribution in [3.05, 3.63) is 77.4 Å². The standard InChI is InChI=1S/C19H19F2N3O4S2/c1-13-3-5-16(20)18(9-13)29(25,26)23-8-7-15-11-24(12-22-15)30(27,28)19-10-14(2)4-6-17(19)21/h3-6,9-12,23H,7-8H2,1-2H3. The average molecular weight is 456 g/mol. The van der Waals surface area contributed by atoms with Crippen molar-refractivity contribution >= 4 is 20.0 Å². The van der Waals surface area contributed by atoms with Crippen molar-refractivity contribution in [2.75, 3.05) is 6.54 Å². The van der Waals surface area contributed by atoms with Crippen LogP contribution in [0.25, 0.3) is 0 Å². The minimum absolute atomic E-state index is 0.0471. The van der Waals surface area contributed by atoms with Gasteiger partial charge in [-0.25, -0.2) is 39.3 Å². The molecule has 0 aliphatic heterocycles. The lowest BCUT2D eigenvalue weighted by Crippen LogP contribution is -2.27. The van der Waals surface area contributed by atoms with Gasteiger partial charge in [0, 0.05) is 19.2 Å². The second kappa shape index (κ2) is 8.25. The summed E-state index contributed by atoms with van der Waals surface area (Å²) in [4.78, 5) is 2.99. The van der Waals surface area contributed by atoms with E-state index in [-0.39, 0.29) is 18.7 Å². The number of benzene rings is 2. The van der Waals surface area contributed by atoms with Crippen molar-refractivity contribution in [1.29, 1.82) is 0 Å². The maximum Gasteiger partial charge on any atom is 0.271 e. The Bertz CT molecular complexity index is 1300. The van der Waals surface area contributed by atoms with Crippen LogP contribution < -0.4 is 4.72 Å². The number of halogens is 2. The first-order chi connectivity index (χ1) is 14.0. The van der Waals surface area contributed by atoms with E-state index >= 15 is 0 Å². The first-order valence-electron chi connectivity index (χ1n) is 8.81. The molecule has 0 saturated heterocycles. The van der Waals surface area contributed by atoms with Crippen molar-refractivity contribution in [2.24, 2.45) is 0 Å². The van der Waals surface area contributed by atoms with Crippen molar-refractivity contribution in [2.45, 2.75) is 30.1 Å². The molecule has 0 amide bonds. The number of aromatic nitrogens is 2. The van der Waals surface area contributed by atoms with Crippen LogP contribution in [0.1, 0.15) is 16.8 Å². The van der Waals surface area contributed by atoms with Crippen LogP contribution >= 0.6 is 0 Å². The SMILES string of the molecule is Cc1ccc(F)c(S(=O)(=O)NCCc2cn(S(=O)(=O)c3cc(C)ccc3F)cn2)c1. The van der Waals surface area contributed by atoms with Crippen LogP contribution in [0.3, 0.4) is 0 Å². The molecule has 0 spiro atoms. The predicted octanol–water partition coefficient (Wildman–Crippen LogP) is 2.54. The van der Waals surface area contributed by atoms with Crippen LogP contribution in [0.4, 0.5) is 8.78 Å². The van der Waals surface area contributed by atoms with Crippen molar-refractivity contribution in [3.63, 3.8) is 0 Å². The molecule has 0 bridgehead atoms. The Balaban J connectivity index is 1.73. The third-order valence-electron chi connectivity index (χ3n) is 4.31. The highest BCUT2D eigenvalue weighted by Gasteiger charge is 2.22. The number of hydrogen-bond donors (Lipinski definition) is 1. The van der Waals surface area contributed by atoms with Gasteiger partial charge in [-0.3, -0.25) is 0 Å². The molecule has 11 heteroatoms. The maximum atomic E-state index is 14.0. The molecule has 0 atom stereocenters. The number of nitrogens with one attached hydrogen (secondary N) is 1.